The van der Waals surface area contributed by atoms with Crippen molar-refractivity contribution in [2.45, 2.75) is 74.9 Å². The second-order valence-corrected chi connectivity index (χ2v) is 10.5. The van der Waals surface area contributed by atoms with Crippen molar-refractivity contribution in [3.63, 3.8) is 0 Å². The number of aliphatic hydroxyl groups is 2. The fraction of sp³-hybridized carbons (Fsp3) is 0.895. The largest absolute Gasteiger partial charge is 0.391 e. The molecule has 2 nitrogen and oxygen atoms in total. The topological polar surface area (TPSA) is 40.5 Å². The van der Waals surface area contributed by atoms with Crippen LogP contribution in [0.1, 0.15) is 58.8 Å². The highest BCUT2D eigenvalue weighted by Crippen LogP contribution is 2.65. The molecule has 2 N–H and O–H groups in total. The summed E-state index contributed by atoms with van der Waals surface area (Å²) in [6, 6.07) is 0. The molecular formula is C19H29IO2. The lowest BCUT2D eigenvalue weighted by atomic mass is 9.47. The molecule has 0 radical (unpaired) electrons. The van der Waals surface area contributed by atoms with Gasteiger partial charge in [-0.1, -0.05) is 48.1 Å². The van der Waals surface area contributed by atoms with Crippen molar-refractivity contribution in [1.29, 1.82) is 0 Å². The van der Waals surface area contributed by atoms with E-state index in [2.05, 4.69) is 42.5 Å². The molecule has 22 heavy (non-hydrogen) atoms. The predicted octanol–water partition coefficient (Wildman–Crippen LogP) is 4.08. The molecule has 3 saturated carbocycles. The van der Waals surface area contributed by atoms with Crippen molar-refractivity contribution in [3.8, 4) is 0 Å². The van der Waals surface area contributed by atoms with E-state index in [9.17, 15) is 10.2 Å². The lowest BCUT2D eigenvalue weighted by Gasteiger charge is -2.58. The quantitative estimate of drug-likeness (QED) is 0.355. The van der Waals surface area contributed by atoms with Gasteiger partial charge in [-0.05, 0) is 73.5 Å². The molecule has 0 aromatic heterocycles. The summed E-state index contributed by atoms with van der Waals surface area (Å²) in [4.78, 5) is 0. The van der Waals surface area contributed by atoms with Crippen molar-refractivity contribution < 1.29 is 10.2 Å². The third kappa shape index (κ3) is 2.03. The van der Waals surface area contributed by atoms with Crippen LogP contribution >= 0.6 is 22.6 Å². The first kappa shape index (κ1) is 15.9. The van der Waals surface area contributed by atoms with Crippen LogP contribution in [-0.2, 0) is 0 Å². The second kappa shape index (κ2) is 5.19. The molecule has 4 aliphatic rings. The Kier molecular flexibility index (Phi) is 3.75. The molecule has 8 atom stereocenters. The van der Waals surface area contributed by atoms with Crippen molar-refractivity contribution in [1.82, 2.24) is 0 Å². The third-order valence-electron chi connectivity index (χ3n) is 8.02. The Labute approximate surface area is 147 Å². The van der Waals surface area contributed by atoms with Crippen molar-refractivity contribution in [2.75, 3.05) is 0 Å². The molecule has 0 amide bonds. The number of aliphatic hydroxyl groups excluding tert-OH is 2. The lowest BCUT2D eigenvalue weighted by Crippen LogP contribution is -2.51. The highest BCUT2D eigenvalue weighted by molar-refractivity contribution is 14.1. The number of hydrogen-bond acceptors (Lipinski definition) is 2. The molecule has 0 saturated heterocycles. The van der Waals surface area contributed by atoms with Gasteiger partial charge in [0.1, 0.15) is 0 Å². The number of alkyl halides is 1. The maximum Gasteiger partial charge on any atom is 0.0724 e. The minimum absolute atomic E-state index is 0.114. The Bertz CT molecular complexity index is 504. The summed E-state index contributed by atoms with van der Waals surface area (Å²) in [5.74, 6) is 2.26. The van der Waals surface area contributed by atoms with E-state index in [-0.39, 0.29) is 17.6 Å². The van der Waals surface area contributed by atoms with E-state index in [1.54, 1.807) is 5.57 Å². The smallest absolute Gasteiger partial charge is 0.0724 e. The summed E-state index contributed by atoms with van der Waals surface area (Å²) < 4.78 is 0.435. The summed E-state index contributed by atoms with van der Waals surface area (Å²) in [5, 5.41) is 20.7. The summed E-state index contributed by atoms with van der Waals surface area (Å²) in [6.45, 7) is 4.83. The summed E-state index contributed by atoms with van der Waals surface area (Å²) in [7, 11) is 0. The van der Waals surface area contributed by atoms with E-state index in [0.29, 0.717) is 15.3 Å². The Morgan fingerprint density at radius 2 is 1.86 bits per heavy atom. The highest BCUT2D eigenvalue weighted by atomic mass is 127. The van der Waals surface area contributed by atoms with Gasteiger partial charge in [0.25, 0.3) is 0 Å². The van der Waals surface area contributed by atoms with E-state index in [4.69, 9.17) is 0 Å². The van der Waals surface area contributed by atoms with Crippen LogP contribution in [0.4, 0.5) is 0 Å². The second-order valence-electron chi connectivity index (χ2n) is 8.87. The maximum atomic E-state index is 10.7. The number of halogens is 1. The average Bonchev–Trinajstić information content (AvgIpc) is 2.72. The molecule has 0 heterocycles. The van der Waals surface area contributed by atoms with Crippen LogP contribution in [0.15, 0.2) is 11.6 Å². The summed E-state index contributed by atoms with van der Waals surface area (Å²) in [6.07, 6.45) is 10.0. The van der Waals surface area contributed by atoms with E-state index in [1.807, 2.05) is 0 Å². The Hall–Kier alpha value is 0.390. The van der Waals surface area contributed by atoms with E-state index in [1.165, 1.54) is 32.1 Å². The van der Waals surface area contributed by atoms with Crippen molar-refractivity contribution >= 4 is 22.6 Å². The molecule has 0 aromatic rings. The van der Waals surface area contributed by atoms with Crippen LogP contribution in [0.5, 0.6) is 0 Å². The van der Waals surface area contributed by atoms with Crippen LogP contribution in [-0.4, -0.2) is 26.3 Å². The van der Waals surface area contributed by atoms with Gasteiger partial charge in [-0.15, -0.1) is 0 Å². The first-order chi connectivity index (χ1) is 10.4. The number of hydrogen-bond donors (Lipinski definition) is 2. The maximum absolute atomic E-state index is 10.7. The first-order valence-electron chi connectivity index (χ1n) is 9.07. The van der Waals surface area contributed by atoms with Gasteiger partial charge in [0.15, 0.2) is 0 Å². The SMILES string of the molecule is C[C@]12CC[C@H]3[C@@H](CCC4=C[C@H](O)CC[C@@]43C)[C@@H]1C[C@@H](I)[C@@H]2O. The van der Waals surface area contributed by atoms with Crippen molar-refractivity contribution in [2.24, 2.45) is 28.6 Å². The number of rotatable bonds is 0. The van der Waals surface area contributed by atoms with Gasteiger partial charge in [-0.2, -0.15) is 0 Å². The average molecular weight is 416 g/mol. The van der Waals surface area contributed by atoms with Crippen LogP contribution < -0.4 is 0 Å². The van der Waals surface area contributed by atoms with Gasteiger partial charge in [-0.3, -0.25) is 0 Å². The Morgan fingerprint density at radius 1 is 1.09 bits per heavy atom. The fourth-order valence-electron chi connectivity index (χ4n) is 6.65. The molecule has 0 aromatic carbocycles. The zero-order valence-electron chi connectivity index (χ0n) is 13.8. The molecule has 4 rings (SSSR count). The molecule has 0 bridgehead atoms. The molecule has 124 valence electrons. The standard InChI is InChI=1S/C19H29IO2/c1-18-7-5-12(21)9-11(18)3-4-13-14(18)6-8-19(2)15(13)10-16(20)17(19)22/h9,12-17,21-22H,3-8,10H2,1-2H3/t12-,13-,14+,15+,16-,17+,18+,19+/m1/s1. The molecule has 0 unspecified atom stereocenters. The number of allylic oxidation sites excluding steroid dienone is 1. The predicted molar refractivity (Wildman–Crippen MR) is 96.9 cm³/mol. The van der Waals surface area contributed by atoms with E-state index >= 15 is 0 Å². The van der Waals surface area contributed by atoms with E-state index < -0.39 is 0 Å². The first-order valence-corrected chi connectivity index (χ1v) is 10.3. The van der Waals surface area contributed by atoms with Gasteiger partial charge in [-0.25, -0.2) is 0 Å². The normalized spacial score (nSPS) is 57.6. The lowest BCUT2D eigenvalue weighted by molar-refractivity contribution is -0.0755. The van der Waals surface area contributed by atoms with Gasteiger partial charge >= 0.3 is 0 Å². The number of fused-ring (bicyclic) bond motifs is 5. The van der Waals surface area contributed by atoms with E-state index in [0.717, 1.165) is 24.7 Å². The molecule has 0 aliphatic heterocycles. The fourth-order valence-corrected chi connectivity index (χ4v) is 8.02. The van der Waals surface area contributed by atoms with Crippen LogP contribution in [0.3, 0.4) is 0 Å². The van der Waals surface area contributed by atoms with Gasteiger partial charge in [0.2, 0.25) is 0 Å². The third-order valence-corrected chi connectivity index (χ3v) is 9.21. The molecule has 4 aliphatic carbocycles. The highest BCUT2D eigenvalue weighted by Gasteiger charge is 2.60. The summed E-state index contributed by atoms with van der Waals surface area (Å²) >= 11 is 2.49. The van der Waals surface area contributed by atoms with Gasteiger partial charge in [0, 0.05) is 3.92 Å². The Morgan fingerprint density at radius 3 is 2.64 bits per heavy atom. The zero-order valence-corrected chi connectivity index (χ0v) is 15.9. The van der Waals surface area contributed by atoms with Crippen molar-refractivity contribution in [3.05, 3.63) is 11.6 Å². The molecular weight excluding hydrogens is 387 g/mol. The molecule has 0 spiro atoms. The molecule has 3 fully saturated rings. The van der Waals surface area contributed by atoms with Crippen LogP contribution in [0.25, 0.3) is 0 Å². The van der Waals surface area contributed by atoms with Crippen LogP contribution in [0, 0.1) is 28.6 Å². The summed E-state index contributed by atoms with van der Waals surface area (Å²) in [5.41, 5.74) is 2.01. The Balaban J connectivity index is 1.68. The molecule has 3 heteroatoms. The zero-order chi connectivity index (χ0) is 15.7. The van der Waals surface area contributed by atoms with Crippen LogP contribution in [0.2, 0.25) is 0 Å². The minimum atomic E-state index is -0.208. The monoisotopic (exact) mass is 416 g/mol. The van der Waals surface area contributed by atoms with Gasteiger partial charge < -0.3 is 10.2 Å². The van der Waals surface area contributed by atoms with Gasteiger partial charge in [0.05, 0.1) is 12.2 Å². The minimum Gasteiger partial charge on any atom is -0.391 e.